The highest BCUT2D eigenvalue weighted by atomic mass is 16.2. The summed E-state index contributed by atoms with van der Waals surface area (Å²) in [6, 6.07) is 7.82. The van der Waals surface area contributed by atoms with Crippen LogP contribution in [0.4, 0.5) is 5.69 Å². The number of aryl methyl sites for hydroxylation is 1. The van der Waals surface area contributed by atoms with Crippen LogP contribution in [-0.2, 0) is 9.59 Å². The van der Waals surface area contributed by atoms with Crippen molar-refractivity contribution in [3.8, 4) is 0 Å². The molecule has 1 aromatic rings. The van der Waals surface area contributed by atoms with Crippen LogP contribution in [-0.4, -0.2) is 24.9 Å². The lowest BCUT2D eigenvalue weighted by Crippen LogP contribution is -2.40. The summed E-state index contributed by atoms with van der Waals surface area (Å²) in [6.07, 6.45) is 1.91. The van der Waals surface area contributed by atoms with Gasteiger partial charge in [-0.3, -0.25) is 9.59 Å². The van der Waals surface area contributed by atoms with E-state index in [4.69, 9.17) is 0 Å². The van der Waals surface area contributed by atoms with Crippen LogP contribution < -0.4 is 10.2 Å². The molecular weight excluding hydrogens is 240 g/mol. The Morgan fingerprint density at radius 3 is 2.68 bits per heavy atom. The van der Waals surface area contributed by atoms with Gasteiger partial charge in [0.15, 0.2) is 0 Å². The van der Waals surface area contributed by atoms with Crippen molar-refractivity contribution in [1.82, 2.24) is 5.32 Å². The molecule has 2 rings (SSSR count). The van der Waals surface area contributed by atoms with Crippen LogP contribution in [0.15, 0.2) is 24.3 Å². The molecule has 0 aliphatic heterocycles. The van der Waals surface area contributed by atoms with E-state index in [1.54, 1.807) is 4.90 Å². The summed E-state index contributed by atoms with van der Waals surface area (Å²) in [4.78, 5) is 25.4. The molecule has 2 amide bonds. The molecule has 1 aliphatic rings. The van der Waals surface area contributed by atoms with Crippen LogP contribution in [0.3, 0.4) is 0 Å². The van der Waals surface area contributed by atoms with Gasteiger partial charge in [-0.1, -0.05) is 12.1 Å². The van der Waals surface area contributed by atoms with Crippen LogP contribution in [0, 0.1) is 12.8 Å². The van der Waals surface area contributed by atoms with E-state index < -0.39 is 0 Å². The summed E-state index contributed by atoms with van der Waals surface area (Å²) >= 11 is 0. The van der Waals surface area contributed by atoms with Gasteiger partial charge in [0.05, 0.1) is 6.54 Å². The molecule has 1 aliphatic carbocycles. The second-order valence-electron chi connectivity index (χ2n) is 4.97. The lowest BCUT2D eigenvalue weighted by Gasteiger charge is -2.21. The molecule has 0 atom stereocenters. The third kappa shape index (κ3) is 3.56. The quantitative estimate of drug-likeness (QED) is 0.878. The topological polar surface area (TPSA) is 49.4 Å². The van der Waals surface area contributed by atoms with Crippen LogP contribution >= 0.6 is 0 Å². The van der Waals surface area contributed by atoms with Gasteiger partial charge in [0.1, 0.15) is 0 Å². The Kier molecular flexibility index (Phi) is 4.20. The SMILES string of the molecule is CCN(C(=O)CNC(=O)C1CC1)c1cccc(C)c1. The van der Waals surface area contributed by atoms with E-state index in [-0.39, 0.29) is 24.3 Å². The van der Waals surface area contributed by atoms with Crippen molar-refractivity contribution in [2.75, 3.05) is 18.0 Å². The van der Waals surface area contributed by atoms with Gasteiger partial charge in [-0.05, 0) is 44.4 Å². The first-order valence-electron chi connectivity index (χ1n) is 6.76. The number of nitrogens with one attached hydrogen (secondary N) is 1. The van der Waals surface area contributed by atoms with Gasteiger partial charge < -0.3 is 10.2 Å². The fraction of sp³-hybridized carbons (Fsp3) is 0.467. The van der Waals surface area contributed by atoms with Gasteiger partial charge in [-0.2, -0.15) is 0 Å². The van der Waals surface area contributed by atoms with E-state index in [0.717, 1.165) is 24.1 Å². The molecule has 1 saturated carbocycles. The zero-order chi connectivity index (χ0) is 13.8. The van der Waals surface area contributed by atoms with Crippen molar-refractivity contribution in [2.45, 2.75) is 26.7 Å². The predicted molar refractivity (Wildman–Crippen MR) is 74.9 cm³/mol. The zero-order valence-electron chi connectivity index (χ0n) is 11.5. The number of benzene rings is 1. The number of rotatable bonds is 5. The number of hydrogen-bond donors (Lipinski definition) is 1. The minimum Gasteiger partial charge on any atom is -0.347 e. The Morgan fingerprint density at radius 2 is 2.11 bits per heavy atom. The van der Waals surface area contributed by atoms with Crippen molar-refractivity contribution in [3.63, 3.8) is 0 Å². The molecule has 0 bridgehead atoms. The maximum absolute atomic E-state index is 12.1. The molecule has 19 heavy (non-hydrogen) atoms. The van der Waals surface area contributed by atoms with Gasteiger partial charge in [0.2, 0.25) is 11.8 Å². The Labute approximate surface area is 113 Å². The predicted octanol–water partition coefficient (Wildman–Crippen LogP) is 1.87. The number of anilines is 1. The third-order valence-electron chi connectivity index (χ3n) is 3.29. The summed E-state index contributed by atoms with van der Waals surface area (Å²) in [5, 5.41) is 2.71. The lowest BCUT2D eigenvalue weighted by atomic mass is 10.2. The molecule has 0 spiro atoms. The van der Waals surface area contributed by atoms with Crippen LogP contribution in [0.2, 0.25) is 0 Å². The fourth-order valence-electron chi connectivity index (χ4n) is 2.05. The number of amides is 2. The molecule has 1 N–H and O–H groups in total. The normalized spacial score (nSPS) is 14.0. The Bertz CT molecular complexity index is 481. The van der Waals surface area contributed by atoms with E-state index in [9.17, 15) is 9.59 Å². The van der Waals surface area contributed by atoms with Crippen molar-refractivity contribution in [1.29, 1.82) is 0 Å². The maximum Gasteiger partial charge on any atom is 0.246 e. The third-order valence-corrected chi connectivity index (χ3v) is 3.29. The molecule has 0 heterocycles. The second kappa shape index (κ2) is 5.87. The second-order valence-corrected chi connectivity index (χ2v) is 4.97. The molecule has 1 aromatic carbocycles. The monoisotopic (exact) mass is 260 g/mol. The number of hydrogen-bond acceptors (Lipinski definition) is 2. The summed E-state index contributed by atoms with van der Waals surface area (Å²) in [5.74, 6) is 0.0811. The Morgan fingerprint density at radius 1 is 1.37 bits per heavy atom. The van der Waals surface area contributed by atoms with Crippen LogP contribution in [0.1, 0.15) is 25.3 Å². The highest BCUT2D eigenvalue weighted by Crippen LogP contribution is 2.28. The average Bonchev–Trinajstić information content (AvgIpc) is 3.21. The summed E-state index contributed by atoms with van der Waals surface area (Å²) in [6.45, 7) is 4.61. The maximum atomic E-state index is 12.1. The van der Waals surface area contributed by atoms with Gasteiger partial charge in [-0.25, -0.2) is 0 Å². The number of carbonyl (C=O) groups excluding carboxylic acids is 2. The number of nitrogens with zero attached hydrogens (tertiary/aromatic N) is 1. The molecular formula is C15H20N2O2. The van der Waals surface area contributed by atoms with Gasteiger partial charge in [-0.15, -0.1) is 0 Å². The van der Waals surface area contributed by atoms with Crippen molar-refractivity contribution >= 4 is 17.5 Å². The van der Waals surface area contributed by atoms with E-state index in [1.807, 2.05) is 38.1 Å². The summed E-state index contributed by atoms with van der Waals surface area (Å²) < 4.78 is 0. The van der Waals surface area contributed by atoms with Gasteiger partial charge in [0.25, 0.3) is 0 Å². The molecule has 4 nitrogen and oxygen atoms in total. The smallest absolute Gasteiger partial charge is 0.246 e. The summed E-state index contributed by atoms with van der Waals surface area (Å²) in [5.41, 5.74) is 2.00. The first-order chi connectivity index (χ1) is 9.11. The summed E-state index contributed by atoms with van der Waals surface area (Å²) in [7, 11) is 0. The first kappa shape index (κ1) is 13.6. The molecule has 0 unspecified atom stereocenters. The molecule has 102 valence electrons. The van der Waals surface area contributed by atoms with Crippen molar-refractivity contribution in [3.05, 3.63) is 29.8 Å². The van der Waals surface area contributed by atoms with Crippen molar-refractivity contribution in [2.24, 2.45) is 5.92 Å². The number of carbonyl (C=O) groups is 2. The average molecular weight is 260 g/mol. The standard InChI is InChI=1S/C15H20N2O2/c1-3-17(13-6-4-5-11(2)9-13)14(18)10-16-15(19)12-7-8-12/h4-6,9,12H,3,7-8,10H2,1-2H3,(H,16,19). The first-order valence-corrected chi connectivity index (χ1v) is 6.76. The van der Waals surface area contributed by atoms with Crippen LogP contribution in [0.25, 0.3) is 0 Å². The molecule has 4 heteroatoms. The van der Waals surface area contributed by atoms with Gasteiger partial charge >= 0.3 is 0 Å². The van der Waals surface area contributed by atoms with E-state index >= 15 is 0 Å². The van der Waals surface area contributed by atoms with Gasteiger partial charge in [0, 0.05) is 18.2 Å². The fourth-order valence-corrected chi connectivity index (χ4v) is 2.05. The zero-order valence-corrected chi connectivity index (χ0v) is 11.5. The highest BCUT2D eigenvalue weighted by molar-refractivity contribution is 5.97. The molecule has 0 saturated heterocycles. The van der Waals surface area contributed by atoms with E-state index in [0.29, 0.717) is 6.54 Å². The minimum absolute atomic E-state index is 0.00800. The Balaban J connectivity index is 1.96. The lowest BCUT2D eigenvalue weighted by molar-refractivity contribution is -0.125. The largest absolute Gasteiger partial charge is 0.347 e. The van der Waals surface area contributed by atoms with E-state index in [1.165, 1.54) is 0 Å². The number of likely N-dealkylation sites (N-methyl/N-ethyl adjacent to an activating group) is 1. The van der Waals surface area contributed by atoms with Crippen molar-refractivity contribution < 1.29 is 9.59 Å². The molecule has 1 fully saturated rings. The Hall–Kier alpha value is -1.84. The van der Waals surface area contributed by atoms with Crippen LogP contribution in [0.5, 0.6) is 0 Å². The minimum atomic E-state index is -0.0675. The molecule has 0 aromatic heterocycles. The molecule has 0 radical (unpaired) electrons. The highest BCUT2D eigenvalue weighted by Gasteiger charge is 2.29. The van der Waals surface area contributed by atoms with E-state index in [2.05, 4.69) is 5.32 Å².